The molecule has 0 aromatic rings. The van der Waals surface area contributed by atoms with E-state index in [1.807, 2.05) is 6.92 Å². The minimum absolute atomic E-state index is 0.0305. The molecule has 4 nitrogen and oxygen atoms in total. The molecule has 0 aromatic carbocycles. The van der Waals surface area contributed by atoms with Gasteiger partial charge in [0.25, 0.3) is 0 Å². The Morgan fingerprint density at radius 2 is 2.18 bits per heavy atom. The largest absolute Gasteiger partial charge is 0.394 e. The minimum Gasteiger partial charge on any atom is -0.394 e. The summed E-state index contributed by atoms with van der Waals surface area (Å²) in [7, 11) is 0. The zero-order valence-electron chi connectivity index (χ0n) is 11.1. The summed E-state index contributed by atoms with van der Waals surface area (Å²) in [6.07, 6.45) is 5.43. The van der Waals surface area contributed by atoms with Gasteiger partial charge in [0.05, 0.1) is 19.3 Å². The summed E-state index contributed by atoms with van der Waals surface area (Å²) in [4.78, 5) is 0. The van der Waals surface area contributed by atoms with Crippen molar-refractivity contribution in [3.05, 3.63) is 0 Å². The minimum atomic E-state index is -0.210. The van der Waals surface area contributed by atoms with Crippen LogP contribution in [0.25, 0.3) is 0 Å². The molecule has 1 heterocycles. The predicted molar refractivity (Wildman–Crippen MR) is 65.9 cm³/mol. The molecule has 1 aliphatic rings. The number of hydrogen-bond acceptors (Lipinski definition) is 4. The quantitative estimate of drug-likeness (QED) is 0.633. The zero-order valence-corrected chi connectivity index (χ0v) is 11.1. The molecule has 0 spiro atoms. The van der Waals surface area contributed by atoms with Crippen molar-refractivity contribution in [2.24, 2.45) is 0 Å². The van der Waals surface area contributed by atoms with E-state index in [4.69, 9.17) is 19.3 Å². The van der Waals surface area contributed by atoms with E-state index in [9.17, 15) is 0 Å². The number of ether oxygens (including phenoxy) is 3. The van der Waals surface area contributed by atoms with Crippen LogP contribution in [0.3, 0.4) is 0 Å². The predicted octanol–water partition coefficient (Wildman–Crippen LogP) is 2.10. The first-order valence-electron chi connectivity index (χ1n) is 6.75. The molecule has 1 fully saturated rings. The molecule has 0 bridgehead atoms. The lowest BCUT2D eigenvalue weighted by Gasteiger charge is -2.17. The molecule has 1 rings (SSSR count). The van der Waals surface area contributed by atoms with Crippen LogP contribution in [0.5, 0.6) is 0 Å². The zero-order chi connectivity index (χ0) is 12.5. The number of aliphatic hydroxyl groups excluding tert-OH is 1. The van der Waals surface area contributed by atoms with Crippen LogP contribution in [-0.4, -0.2) is 43.4 Å². The maximum atomic E-state index is 8.91. The van der Waals surface area contributed by atoms with Gasteiger partial charge < -0.3 is 19.3 Å². The van der Waals surface area contributed by atoms with Gasteiger partial charge in [0.15, 0.2) is 6.29 Å². The molecule has 4 heteroatoms. The Bertz CT molecular complexity index is 186. The molecule has 0 saturated carbocycles. The average molecular weight is 246 g/mol. The first-order chi connectivity index (χ1) is 8.26. The fourth-order valence-corrected chi connectivity index (χ4v) is 1.88. The molecule has 1 saturated heterocycles. The summed E-state index contributed by atoms with van der Waals surface area (Å²) in [6, 6.07) is 0. The third-order valence-electron chi connectivity index (χ3n) is 2.94. The highest BCUT2D eigenvalue weighted by Crippen LogP contribution is 2.17. The van der Waals surface area contributed by atoms with E-state index < -0.39 is 0 Å². The Morgan fingerprint density at radius 3 is 2.82 bits per heavy atom. The van der Waals surface area contributed by atoms with E-state index in [1.54, 1.807) is 0 Å². The van der Waals surface area contributed by atoms with Gasteiger partial charge in [-0.05, 0) is 13.3 Å². The summed E-state index contributed by atoms with van der Waals surface area (Å²) in [5.41, 5.74) is 0. The van der Waals surface area contributed by atoms with E-state index in [0.717, 1.165) is 19.4 Å². The third-order valence-corrected chi connectivity index (χ3v) is 2.94. The highest BCUT2D eigenvalue weighted by Gasteiger charge is 2.26. The lowest BCUT2D eigenvalue weighted by molar-refractivity contribution is -0.0959. The molecule has 102 valence electrons. The molecule has 1 N–H and O–H groups in total. The summed E-state index contributed by atoms with van der Waals surface area (Å²) in [5.74, 6) is 0. The van der Waals surface area contributed by atoms with Crippen molar-refractivity contribution in [1.29, 1.82) is 0 Å². The van der Waals surface area contributed by atoms with E-state index in [-0.39, 0.29) is 25.1 Å². The Morgan fingerprint density at radius 1 is 1.35 bits per heavy atom. The van der Waals surface area contributed by atoms with Gasteiger partial charge >= 0.3 is 0 Å². The monoisotopic (exact) mass is 246 g/mol. The lowest BCUT2D eigenvalue weighted by atomic mass is 10.2. The molecular formula is C13H26O4. The topological polar surface area (TPSA) is 47.9 Å². The van der Waals surface area contributed by atoms with Crippen LogP contribution >= 0.6 is 0 Å². The molecule has 1 unspecified atom stereocenters. The molecule has 17 heavy (non-hydrogen) atoms. The summed E-state index contributed by atoms with van der Waals surface area (Å²) in [6.45, 7) is 5.58. The van der Waals surface area contributed by atoms with Crippen LogP contribution in [0.1, 0.15) is 46.0 Å². The third kappa shape index (κ3) is 6.36. The first-order valence-corrected chi connectivity index (χ1v) is 6.75. The van der Waals surface area contributed by atoms with E-state index in [0.29, 0.717) is 6.61 Å². The lowest BCUT2D eigenvalue weighted by Crippen LogP contribution is -2.21. The number of unbranched alkanes of at least 4 members (excludes halogenated alkanes) is 3. The van der Waals surface area contributed by atoms with Gasteiger partial charge in [-0.2, -0.15) is 0 Å². The molecule has 0 amide bonds. The number of hydrogen-bond donors (Lipinski definition) is 1. The molecule has 0 aliphatic carbocycles. The van der Waals surface area contributed by atoms with E-state index in [1.165, 1.54) is 19.3 Å². The average Bonchev–Trinajstić information content (AvgIpc) is 2.76. The van der Waals surface area contributed by atoms with Crippen molar-refractivity contribution in [2.45, 2.75) is 64.4 Å². The van der Waals surface area contributed by atoms with Crippen LogP contribution in [0, 0.1) is 0 Å². The number of aliphatic hydroxyl groups is 1. The molecule has 1 aliphatic heterocycles. The van der Waals surface area contributed by atoms with Crippen molar-refractivity contribution in [2.75, 3.05) is 19.8 Å². The standard InChI is InChI=1S/C13H26O4/c1-3-4-5-6-7-15-11(2)8-13-16-10-12(9-14)17-13/h11-14H,3-10H2,1-2H3/t11?,12-,13+/m1/s1. The highest BCUT2D eigenvalue weighted by molar-refractivity contribution is 4.66. The smallest absolute Gasteiger partial charge is 0.160 e. The Labute approximate surface area is 104 Å². The van der Waals surface area contributed by atoms with Gasteiger partial charge in [0.1, 0.15) is 6.10 Å². The maximum absolute atomic E-state index is 8.91. The Balaban J connectivity index is 1.99. The van der Waals surface area contributed by atoms with E-state index in [2.05, 4.69) is 6.92 Å². The number of rotatable bonds is 9. The second kappa shape index (κ2) is 8.86. The summed E-state index contributed by atoms with van der Waals surface area (Å²) < 4.78 is 16.6. The SMILES string of the molecule is CCCCCCOC(C)C[C@H]1OC[C@@H](CO)O1. The van der Waals surface area contributed by atoms with Crippen molar-refractivity contribution in [3.8, 4) is 0 Å². The van der Waals surface area contributed by atoms with Crippen molar-refractivity contribution in [3.63, 3.8) is 0 Å². The maximum Gasteiger partial charge on any atom is 0.160 e. The van der Waals surface area contributed by atoms with Gasteiger partial charge in [-0.15, -0.1) is 0 Å². The fraction of sp³-hybridized carbons (Fsp3) is 1.00. The molecule has 0 radical (unpaired) electrons. The first kappa shape index (κ1) is 14.9. The van der Waals surface area contributed by atoms with Crippen LogP contribution in [0.15, 0.2) is 0 Å². The molecule has 3 atom stereocenters. The summed E-state index contributed by atoms with van der Waals surface area (Å²) >= 11 is 0. The normalized spacial score (nSPS) is 26.3. The van der Waals surface area contributed by atoms with Gasteiger partial charge in [-0.3, -0.25) is 0 Å². The van der Waals surface area contributed by atoms with Crippen LogP contribution in [-0.2, 0) is 14.2 Å². The molecule has 0 aromatic heterocycles. The summed E-state index contributed by atoms with van der Waals surface area (Å²) in [5, 5.41) is 8.91. The van der Waals surface area contributed by atoms with Gasteiger partial charge in [0.2, 0.25) is 0 Å². The van der Waals surface area contributed by atoms with E-state index >= 15 is 0 Å². The fourth-order valence-electron chi connectivity index (χ4n) is 1.88. The highest BCUT2D eigenvalue weighted by atomic mass is 16.7. The van der Waals surface area contributed by atoms with Gasteiger partial charge in [0, 0.05) is 13.0 Å². The Hall–Kier alpha value is -0.160. The second-order valence-electron chi connectivity index (χ2n) is 4.68. The van der Waals surface area contributed by atoms with Crippen molar-refractivity contribution >= 4 is 0 Å². The van der Waals surface area contributed by atoms with Crippen LogP contribution in [0.2, 0.25) is 0 Å². The van der Waals surface area contributed by atoms with Crippen LogP contribution in [0.4, 0.5) is 0 Å². The van der Waals surface area contributed by atoms with Crippen LogP contribution < -0.4 is 0 Å². The second-order valence-corrected chi connectivity index (χ2v) is 4.68. The van der Waals surface area contributed by atoms with Gasteiger partial charge in [-0.25, -0.2) is 0 Å². The van der Waals surface area contributed by atoms with Gasteiger partial charge in [-0.1, -0.05) is 26.2 Å². The van der Waals surface area contributed by atoms with Crippen molar-refractivity contribution < 1.29 is 19.3 Å². The molecular weight excluding hydrogens is 220 g/mol. The Kier molecular flexibility index (Phi) is 7.77. The van der Waals surface area contributed by atoms with Crippen molar-refractivity contribution in [1.82, 2.24) is 0 Å².